The van der Waals surface area contributed by atoms with Gasteiger partial charge in [0.05, 0.1) is 7.11 Å². The zero-order chi connectivity index (χ0) is 20.8. The second kappa shape index (κ2) is 7.07. The molecule has 2 aliphatic rings. The molecule has 29 heavy (non-hydrogen) atoms. The smallest absolute Gasteiger partial charge is 0.232 e. The second-order valence-electron chi connectivity index (χ2n) is 8.55. The maximum absolute atomic E-state index is 13.3. The molecule has 0 fully saturated rings. The highest BCUT2D eigenvalue weighted by molar-refractivity contribution is 6.07. The molecule has 1 atom stereocenters. The molecule has 0 saturated heterocycles. The lowest BCUT2D eigenvalue weighted by atomic mass is 9.69. The van der Waals surface area contributed by atoms with Gasteiger partial charge in [0.15, 0.2) is 17.3 Å². The van der Waals surface area contributed by atoms with E-state index in [0.29, 0.717) is 24.2 Å². The number of allylic oxidation sites excluding steroid dienone is 2. The predicted octanol–water partition coefficient (Wildman–Crippen LogP) is 4.56. The Morgan fingerprint density at radius 1 is 1.07 bits per heavy atom. The van der Waals surface area contributed by atoms with Gasteiger partial charge in [-0.1, -0.05) is 38.1 Å². The predicted molar refractivity (Wildman–Crippen MR) is 111 cm³/mol. The normalized spacial score (nSPS) is 21.2. The number of rotatable bonds is 3. The number of para-hydroxylation sites is 1. The molecule has 5 heteroatoms. The molecule has 0 bridgehead atoms. The van der Waals surface area contributed by atoms with E-state index in [-0.39, 0.29) is 35.2 Å². The van der Waals surface area contributed by atoms with Crippen molar-refractivity contribution in [1.29, 1.82) is 0 Å². The lowest BCUT2D eigenvalue weighted by Gasteiger charge is -2.43. The number of ketones is 1. The molecule has 150 valence electrons. The molecule has 1 aliphatic heterocycles. The first-order chi connectivity index (χ1) is 13.8. The van der Waals surface area contributed by atoms with E-state index in [1.807, 2.05) is 30.3 Å². The summed E-state index contributed by atoms with van der Waals surface area (Å²) in [6.45, 7) is 4.13. The van der Waals surface area contributed by atoms with Crippen LogP contribution in [0.15, 0.2) is 59.8 Å². The van der Waals surface area contributed by atoms with Crippen LogP contribution in [0.1, 0.15) is 44.6 Å². The second-order valence-corrected chi connectivity index (χ2v) is 8.55. The maximum atomic E-state index is 13.3. The minimum Gasteiger partial charge on any atom is -0.504 e. The Labute approximate surface area is 170 Å². The first-order valence-electron chi connectivity index (χ1n) is 9.82. The highest BCUT2D eigenvalue weighted by Crippen LogP contribution is 2.48. The lowest BCUT2D eigenvalue weighted by Crippen LogP contribution is -2.43. The molecule has 4 rings (SSSR count). The Morgan fingerprint density at radius 3 is 2.48 bits per heavy atom. The first kappa shape index (κ1) is 19.2. The number of hydrogen-bond acceptors (Lipinski definition) is 4. The summed E-state index contributed by atoms with van der Waals surface area (Å²) in [6, 6.07) is 14.6. The molecule has 0 radical (unpaired) electrons. The quantitative estimate of drug-likeness (QED) is 0.833. The molecule has 5 nitrogen and oxygen atoms in total. The van der Waals surface area contributed by atoms with Gasteiger partial charge >= 0.3 is 0 Å². The number of anilines is 1. The fraction of sp³-hybridized carbons (Fsp3) is 0.333. The van der Waals surface area contributed by atoms with Crippen LogP contribution >= 0.6 is 0 Å². The third-order valence-electron chi connectivity index (χ3n) is 5.76. The van der Waals surface area contributed by atoms with Crippen LogP contribution in [0.3, 0.4) is 0 Å². The molecule has 1 aliphatic carbocycles. The summed E-state index contributed by atoms with van der Waals surface area (Å²) < 4.78 is 5.24. The fourth-order valence-electron chi connectivity index (χ4n) is 4.49. The van der Waals surface area contributed by atoms with Crippen molar-refractivity contribution < 1.29 is 19.4 Å². The van der Waals surface area contributed by atoms with Gasteiger partial charge in [-0.05, 0) is 41.7 Å². The summed E-state index contributed by atoms with van der Waals surface area (Å²) >= 11 is 0. The van der Waals surface area contributed by atoms with Crippen molar-refractivity contribution in [3.8, 4) is 11.5 Å². The van der Waals surface area contributed by atoms with Gasteiger partial charge in [0.25, 0.3) is 0 Å². The number of carbonyl (C=O) groups excluding carboxylic acids is 2. The third-order valence-corrected chi connectivity index (χ3v) is 5.76. The number of hydrogen-bond donors (Lipinski definition) is 1. The molecule has 2 aromatic rings. The topological polar surface area (TPSA) is 66.8 Å². The van der Waals surface area contributed by atoms with Crippen molar-refractivity contribution in [2.24, 2.45) is 5.41 Å². The number of Topliss-reactive ketones (excluding diaryl/α,β-unsaturated/α-hetero) is 1. The molecule has 1 N–H and O–H groups in total. The molecule has 2 aromatic carbocycles. The van der Waals surface area contributed by atoms with Crippen LogP contribution in [0.25, 0.3) is 0 Å². The third kappa shape index (κ3) is 3.41. The lowest BCUT2D eigenvalue weighted by molar-refractivity contribution is -0.121. The average molecular weight is 391 g/mol. The molecule has 0 aromatic heterocycles. The van der Waals surface area contributed by atoms with Crippen LogP contribution < -0.4 is 9.64 Å². The van der Waals surface area contributed by atoms with E-state index >= 15 is 0 Å². The summed E-state index contributed by atoms with van der Waals surface area (Å²) in [4.78, 5) is 28.3. The number of phenolic OH excluding ortho intramolecular Hbond substituents is 1. The number of methoxy groups -OCH3 is 1. The molecule has 0 spiro atoms. The highest BCUT2D eigenvalue weighted by Gasteiger charge is 2.44. The number of phenols is 1. The zero-order valence-electron chi connectivity index (χ0n) is 16.9. The van der Waals surface area contributed by atoms with Crippen molar-refractivity contribution in [3.63, 3.8) is 0 Å². The average Bonchev–Trinajstić information content (AvgIpc) is 2.67. The van der Waals surface area contributed by atoms with Gasteiger partial charge in [-0.3, -0.25) is 14.5 Å². The highest BCUT2D eigenvalue weighted by atomic mass is 16.5. The van der Waals surface area contributed by atoms with Crippen molar-refractivity contribution in [1.82, 2.24) is 0 Å². The molecular formula is C24H25NO4. The summed E-state index contributed by atoms with van der Waals surface area (Å²) in [5.41, 5.74) is 2.89. The van der Waals surface area contributed by atoms with Crippen LogP contribution in [0.5, 0.6) is 11.5 Å². The number of aromatic hydroxyl groups is 1. The number of nitrogens with zero attached hydrogens (tertiary/aromatic N) is 1. The van der Waals surface area contributed by atoms with E-state index in [9.17, 15) is 14.7 Å². The SMILES string of the molecule is COc1cc(C2CC(=O)N(c3ccccc3)C3=C2C(=O)CC(C)(C)C3)ccc1O. The zero-order valence-corrected chi connectivity index (χ0v) is 16.9. The number of benzene rings is 2. The van der Waals surface area contributed by atoms with E-state index in [2.05, 4.69) is 13.8 Å². The van der Waals surface area contributed by atoms with E-state index in [4.69, 9.17) is 4.74 Å². The van der Waals surface area contributed by atoms with Crippen LogP contribution in [0, 0.1) is 5.41 Å². The fourth-order valence-corrected chi connectivity index (χ4v) is 4.49. The number of ether oxygens (including phenoxy) is 1. The Hall–Kier alpha value is -3.08. The van der Waals surface area contributed by atoms with Crippen LogP contribution in [0.4, 0.5) is 5.69 Å². The summed E-state index contributed by atoms with van der Waals surface area (Å²) in [7, 11) is 1.49. The summed E-state index contributed by atoms with van der Waals surface area (Å²) in [5.74, 6) is 0.0931. The van der Waals surface area contributed by atoms with Gasteiger partial charge < -0.3 is 9.84 Å². The Kier molecular flexibility index (Phi) is 4.69. The summed E-state index contributed by atoms with van der Waals surface area (Å²) in [5, 5.41) is 9.95. The molecule has 0 saturated carbocycles. The van der Waals surface area contributed by atoms with Crippen molar-refractivity contribution in [2.45, 2.75) is 39.0 Å². The van der Waals surface area contributed by atoms with Gasteiger partial charge in [-0.15, -0.1) is 0 Å². The van der Waals surface area contributed by atoms with Gasteiger partial charge in [-0.2, -0.15) is 0 Å². The maximum Gasteiger partial charge on any atom is 0.232 e. The molecule has 1 unspecified atom stereocenters. The van der Waals surface area contributed by atoms with E-state index < -0.39 is 0 Å². The standard InChI is InChI=1S/C24H25NO4/c1-24(2)13-18-23(20(27)14-24)17(15-9-10-19(26)21(11-15)29-3)12-22(28)25(18)16-7-5-4-6-8-16/h4-11,17,26H,12-14H2,1-3H3. The number of amides is 1. The van der Waals surface area contributed by atoms with Crippen molar-refractivity contribution >= 4 is 17.4 Å². The van der Waals surface area contributed by atoms with E-state index in [1.54, 1.807) is 23.1 Å². The largest absolute Gasteiger partial charge is 0.504 e. The van der Waals surface area contributed by atoms with Gasteiger partial charge in [0.1, 0.15) is 0 Å². The first-order valence-corrected chi connectivity index (χ1v) is 9.82. The van der Waals surface area contributed by atoms with Crippen LogP contribution in [-0.4, -0.2) is 23.9 Å². The minimum atomic E-state index is -0.337. The molecule has 1 heterocycles. The van der Waals surface area contributed by atoms with Gasteiger partial charge in [0.2, 0.25) is 5.91 Å². The Balaban J connectivity index is 1.89. The monoisotopic (exact) mass is 391 g/mol. The van der Waals surface area contributed by atoms with Crippen molar-refractivity contribution in [3.05, 3.63) is 65.4 Å². The van der Waals surface area contributed by atoms with Crippen molar-refractivity contribution in [2.75, 3.05) is 12.0 Å². The van der Waals surface area contributed by atoms with Gasteiger partial charge in [0, 0.05) is 35.7 Å². The summed E-state index contributed by atoms with van der Waals surface area (Å²) in [6.07, 6.45) is 1.31. The van der Waals surface area contributed by atoms with Crippen LogP contribution in [-0.2, 0) is 9.59 Å². The molecular weight excluding hydrogens is 366 g/mol. The Bertz CT molecular complexity index is 1010. The number of carbonyl (C=O) groups is 2. The Morgan fingerprint density at radius 2 is 1.79 bits per heavy atom. The minimum absolute atomic E-state index is 0.0301. The van der Waals surface area contributed by atoms with Gasteiger partial charge in [-0.25, -0.2) is 0 Å². The van der Waals surface area contributed by atoms with Crippen LogP contribution in [0.2, 0.25) is 0 Å². The van der Waals surface area contributed by atoms with E-state index in [0.717, 1.165) is 16.9 Å². The molecule has 1 amide bonds. The van der Waals surface area contributed by atoms with E-state index in [1.165, 1.54) is 7.11 Å².